The second kappa shape index (κ2) is 4.40. The molecular formula is C11H18N2O. The highest BCUT2D eigenvalue weighted by Crippen LogP contribution is 2.16. The molecule has 0 aromatic carbocycles. The van der Waals surface area contributed by atoms with E-state index < -0.39 is 0 Å². The van der Waals surface area contributed by atoms with Gasteiger partial charge in [0, 0.05) is 18.5 Å². The lowest BCUT2D eigenvalue weighted by atomic mass is 10.1. The zero-order chi connectivity index (χ0) is 10.7. The number of hydrogen-bond donors (Lipinski definition) is 1. The second-order valence-corrected chi connectivity index (χ2v) is 4.05. The third-order valence-corrected chi connectivity index (χ3v) is 2.23. The molecule has 0 radical (unpaired) electrons. The molecule has 1 N–H and O–H groups in total. The molecule has 0 spiro atoms. The molecule has 3 heteroatoms. The van der Waals surface area contributed by atoms with Crippen molar-refractivity contribution in [2.45, 2.75) is 46.5 Å². The number of aromatic amines is 1. The van der Waals surface area contributed by atoms with Crippen LogP contribution in [0.3, 0.4) is 0 Å². The Kier molecular flexibility index (Phi) is 3.44. The van der Waals surface area contributed by atoms with Gasteiger partial charge in [-0.25, -0.2) is 4.98 Å². The summed E-state index contributed by atoms with van der Waals surface area (Å²) < 4.78 is 0. The fourth-order valence-corrected chi connectivity index (χ4v) is 1.51. The maximum Gasteiger partial charge on any atom is 0.130 e. The smallest absolute Gasteiger partial charge is 0.130 e. The van der Waals surface area contributed by atoms with Gasteiger partial charge in [-0.15, -0.1) is 0 Å². The van der Waals surface area contributed by atoms with Gasteiger partial charge in [0.25, 0.3) is 0 Å². The first kappa shape index (κ1) is 11.0. The molecule has 0 fully saturated rings. The minimum Gasteiger partial charge on any atom is -0.346 e. The number of ketones is 1. The number of nitrogens with one attached hydrogen (secondary N) is 1. The first-order chi connectivity index (χ1) is 6.50. The Morgan fingerprint density at radius 2 is 2.14 bits per heavy atom. The molecule has 14 heavy (non-hydrogen) atoms. The number of aryl methyl sites for hydroxylation is 2. The number of nitrogens with zero attached hydrogens (tertiary/aromatic N) is 1. The molecule has 1 rings (SSSR count). The molecule has 0 amide bonds. The molecule has 3 nitrogen and oxygen atoms in total. The summed E-state index contributed by atoms with van der Waals surface area (Å²) in [7, 11) is 0. The Balaban J connectivity index is 2.71. The molecule has 0 aliphatic carbocycles. The number of imidazole rings is 1. The van der Waals surface area contributed by atoms with Crippen molar-refractivity contribution in [2.24, 2.45) is 0 Å². The highest BCUT2D eigenvalue weighted by molar-refractivity contribution is 5.75. The fourth-order valence-electron chi connectivity index (χ4n) is 1.51. The van der Waals surface area contributed by atoms with E-state index in [1.807, 2.05) is 6.92 Å². The van der Waals surface area contributed by atoms with Gasteiger partial charge >= 0.3 is 0 Å². The van der Waals surface area contributed by atoms with Crippen LogP contribution in [0, 0.1) is 6.92 Å². The Bertz CT molecular complexity index is 326. The normalized spacial score (nSPS) is 10.9. The summed E-state index contributed by atoms with van der Waals surface area (Å²) in [5.74, 6) is 1.59. The van der Waals surface area contributed by atoms with Gasteiger partial charge in [0.2, 0.25) is 0 Å². The van der Waals surface area contributed by atoms with Crippen molar-refractivity contribution in [3.63, 3.8) is 0 Å². The molecule has 0 saturated heterocycles. The van der Waals surface area contributed by atoms with Gasteiger partial charge in [-0.3, -0.25) is 0 Å². The summed E-state index contributed by atoms with van der Waals surface area (Å²) in [5.41, 5.74) is 2.24. The van der Waals surface area contributed by atoms with Gasteiger partial charge < -0.3 is 9.78 Å². The van der Waals surface area contributed by atoms with E-state index in [-0.39, 0.29) is 5.78 Å². The molecule has 1 aromatic heterocycles. The predicted octanol–water partition coefficient (Wildman–Crippen LogP) is 2.36. The minimum atomic E-state index is 0.213. The first-order valence-corrected chi connectivity index (χ1v) is 5.05. The van der Waals surface area contributed by atoms with E-state index in [1.54, 1.807) is 6.92 Å². The Morgan fingerprint density at radius 1 is 1.50 bits per heavy atom. The van der Waals surface area contributed by atoms with Crippen LogP contribution < -0.4 is 0 Å². The molecule has 0 aliphatic rings. The van der Waals surface area contributed by atoms with Crippen LogP contribution >= 0.6 is 0 Å². The van der Waals surface area contributed by atoms with Gasteiger partial charge in [-0.05, 0) is 19.8 Å². The molecule has 0 atom stereocenters. The summed E-state index contributed by atoms with van der Waals surface area (Å²) in [6, 6.07) is 0. The lowest BCUT2D eigenvalue weighted by molar-refractivity contribution is -0.117. The van der Waals surface area contributed by atoms with E-state index in [2.05, 4.69) is 23.8 Å². The van der Waals surface area contributed by atoms with Crippen LogP contribution in [0.1, 0.15) is 50.3 Å². The average Bonchev–Trinajstić information content (AvgIpc) is 2.43. The number of rotatable bonds is 4. The Hall–Kier alpha value is -1.12. The lowest BCUT2D eigenvalue weighted by Crippen LogP contribution is -1.96. The molecule has 0 unspecified atom stereocenters. The number of aromatic nitrogens is 2. The van der Waals surface area contributed by atoms with E-state index in [9.17, 15) is 4.79 Å². The number of hydrogen-bond acceptors (Lipinski definition) is 2. The third-order valence-electron chi connectivity index (χ3n) is 2.23. The highest BCUT2D eigenvalue weighted by atomic mass is 16.1. The minimum absolute atomic E-state index is 0.213. The Labute approximate surface area is 84.9 Å². The van der Waals surface area contributed by atoms with Crippen LogP contribution in [0.15, 0.2) is 0 Å². The topological polar surface area (TPSA) is 45.8 Å². The van der Waals surface area contributed by atoms with Crippen LogP contribution in [-0.4, -0.2) is 15.8 Å². The van der Waals surface area contributed by atoms with E-state index in [4.69, 9.17) is 0 Å². The summed E-state index contributed by atoms with van der Waals surface area (Å²) in [6.07, 6.45) is 1.30. The third kappa shape index (κ3) is 2.69. The number of Topliss-reactive ketones (excluding diaryl/α,β-unsaturated/α-hetero) is 1. The van der Waals surface area contributed by atoms with Gasteiger partial charge in [-0.2, -0.15) is 0 Å². The van der Waals surface area contributed by atoms with Crippen LogP contribution in [0.5, 0.6) is 0 Å². The molecular weight excluding hydrogens is 176 g/mol. The summed E-state index contributed by atoms with van der Waals surface area (Å²) >= 11 is 0. The average molecular weight is 194 g/mol. The number of H-pyrrole nitrogens is 1. The number of carbonyl (C=O) groups is 1. The van der Waals surface area contributed by atoms with E-state index in [0.717, 1.165) is 23.6 Å². The Morgan fingerprint density at radius 3 is 2.57 bits per heavy atom. The van der Waals surface area contributed by atoms with Crippen LogP contribution in [-0.2, 0) is 11.2 Å². The van der Waals surface area contributed by atoms with Crippen molar-refractivity contribution in [3.8, 4) is 0 Å². The quantitative estimate of drug-likeness (QED) is 0.799. The van der Waals surface area contributed by atoms with Crippen LogP contribution in [0.2, 0.25) is 0 Å². The second-order valence-electron chi connectivity index (χ2n) is 4.05. The number of carbonyl (C=O) groups excluding carboxylic acids is 1. The lowest BCUT2D eigenvalue weighted by Gasteiger charge is -1.99. The molecule has 1 aromatic rings. The summed E-state index contributed by atoms with van der Waals surface area (Å²) in [4.78, 5) is 18.5. The summed E-state index contributed by atoms with van der Waals surface area (Å²) in [6.45, 7) is 7.88. The van der Waals surface area contributed by atoms with Gasteiger partial charge in [0.1, 0.15) is 11.6 Å². The maximum absolute atomic E-state index is 10.8. The largest absolute Gasteiger partial charge is 0.346 e. The van der Waals surface area contributed by atoms with Gasteiger partial charge in [0.15, 0.2) is 0 Å². The van der Waals surface area contributed by atoms with Crippen molar-refractivity contribution >= 4 is 5.78 Å². The standard InChI is InChI=1S/C11H18N2O/c1-7(2)11-9(4)12-10(13-11)6-5-8(3)14/h7H,5-6H2,1-4H3,(H,12,13). The van der Waals surface area contributed by atoms with Crippen molar-refractivity contribution in [1.29, 1.82) is 0 Å². The molecule has 0 bridgehead atoms. The monoisotopic (exact) mass is 194 g/mol. The first-order valence-electron chi connectivity index (χ1n) is 5.05. The van der Waals surface area contributed by atoms with Gasteiger partial charge in [0.05, 0.1) is 5.69 Å². The zero-order valence-corrected chi connectivity index (χ0v) is 9.35. The molecule has 0 aliphatic heterocycles. The van der Waals surface area contributed by atoms with Crippen molar-refractivity contribution in [2.75, 3.05) is 0 Å². The van der Waals surface area contributed by atoms with Crippen molar-refractivity contribution in [3.05, 3.63) is 17.2 Å². The molecule has 1 heterocycles. The molecule has 78 valence electrons. The van der Waals surface area contributed by atoms with E-state index in [0.29, 0.717) is 12.3 Å². The van der Waals surface area contributed by atoms with Crippen LogP contribution in [0.25, 0.3) is 0 Å². The summed E-state index contributed by atoms with van der Waals surface area (Å²) in [5, 5.41) is 0. The predicted molar refractivity (Wildman–Crippen MR) is 56.4 cm³/mol. The van der Waals surface area contributed by atoms with Crippen molar-refractivity contribution in [1.82, 2.24) is 9.97 Å². The van der Waals surface area contributed by atoms with E-state index >= 15 is 0 Å². The highest BCUT2D eigenvalue weighted by Gasteiger charge is 2.09. The maximum atomic E-state index is 10.8. The van der Waals surface area contributed by atoms with Gasteiger partial charge in [-0.1, -0.05) is 13.8 Å². The van der Waals surface area contributed by atoms with Crippen LogP contribution in [0.4, 0.5) is 0 Å². The molecule has 0 saturated carbocycles. The SMILES string of the molecule is CC(=O)CCc1nc(C(C)C)c(C)[nH]1. The zero-order valence-electron chi connectivity index (χ0n) is 9.35. The fraction of sp³-hybridized carbons (Fsp3) is 0.636. The van der Waals surface area contributed by atoms with E-state index in [1.165, 1.54) is 0 Å². The van der Waals surface area contributed by atoms with Crippen molar-refractivity contribution < 1.29 is 4.79 Å².